The number of hydrogen-bond donors (Lipinski definition) is 0. The Balaban J connectivity index is 1.90. The molecule has 3 aromatic heterocycles. The molecule has 0 aliphatic heterocycles. The first-order valence-corrected chi connectivity index (χ1v) is 8.78. The third kappa shape index (κ3) is 3.02. The van der Waals surface area contributed by atoms with Crippen LogP contribution in [0, 0.1) is 6.92 Å². The molecule has 8 heteroatoms. The molecule has 3 heterocycles. The highest BCUT2D eigenvalue weighted by atomic mass is 32.1. The van der Waals surface area contributed by atoms with E-state index in [4.69, 9.17) is 0 Å². The van der Waals surface area contributed by atoms with Crippen LogP contribution in [-0.4, -0.2) is 26.6 Å². The molecule has 0 unspecified atom stereocenters. The molecular weight excluding hydrogens is 318 g/mol. The molecule has 0 atom stereocenters. The summed E-state index contributed by atoms with van der Waals surface area (Å²) >= 11 is 3.06. The minimum absolute atomic E-state index is 0.117. The van der Waals surface area contributed by atoms with Crippen molar-refractivity contribution in [3.8, 4) is 0 Å². The highest BCUT2D eigenvalue weighted by Gasteiger charge is 2.13. The average molecular weight is 335 g/mol. The fraction of sp³-hybridized carbons (Fsp3) is 0.429. The minimum Gasteiger partial charge on any atom is -0.344 e. The van der Waals surface area contributed by atoms with E-state index in [0.717, 1.165) is 34.4 Å². The van der Waals surface area contributed by atoms with Crippen LogP contribution in [0.3, 0.4) is 0 Å². The Morgan fingerprint density at radius 2 is 2.14 bits per heavy atom. The number of thiazole rings is 1. The van der Waals surface area contributed by atoms with Crippen molar-refractivity contribution in [2.75, 3.05) is 11.9 Å². The summed E-state index contributed by atoms with van der Waals surface area (Å²) in [4.78, 5) is 23.7. The molecule has 0 saturated heterocycles. The first-order valence-electron chi connectivity index (χ1n) is 7.08. The van der Waals surface area contributed by atoms with Crippen molar-refractivity contribution in [1.82, 2.24) is 19.6 Å². The molecule has 0 spiro atoms. The third-order valence-electron chi connectivity index (χ3n) is 3.19. The van der Waals surface area contributed by atoms with Gasteiger partial charge in [0.15, 0.2) is 0 Å². The maximum atomic E-state index is 12.1. The minimum atomic E-state index is -0.117. The second kappa shape index (κ2) is 6.13. The number of aromatic nitrogens is 4. The lowest BCUT2D eigenvalue weighted by atomic mass is 10.2. The number of fused-ring (bicyclic) bond motifs is 1. The molecule has 116 valence electrons. The van der Waals surface area contributed by atoms with E-state index in [1.807, 2.05) is 24.3 Å². The lowest BCUT2D eigenvalue weighted by molar-refractivity contribution is 0.816. The zero-order valence-corrected chi connectivity index (χ0v) is 14.4. The van der Waals surface area contributed by atoms with Crippen LogP contribution in [0.25, 0.3) is 4.96 Å². The SMILES string of the molecule is CCCc1cc(=O)n2nc(N(C)Cc3csc(C)n3)sc2n1. The van der Waals surface area contributed by atoms with Gasteiger partial charge in [-0.15, -0.1) is 16.4 Å². The van der Waals surface area contributed by atoms with Gasteiger partial charge < -0.3 is 4.90 Å². The Morgan fingerprint density at radius 1 is 1.32 bits per heavy atom. The molecule has 0 aliphatic rings. The molecule has 0 radical (unpaired) electrons. The summed E-state index contributed by atoms with van der Waals surface area (Å²) in [7, 11) is 1.95. The van der Waals surface area contributed by atoms with Crippen LogP contribution in [0.4, 0.5) is 5.13 Å². The first kappa shape index (κ1) is 15.1. The zero-order valence-electron chi connectivity index (χ0n) is 12.7. The van der Waals surface area contributed by atoms with E-state index in [2.05, 4.69) is 22.0 Å². The molecule has 6 nitrogen and oxygen atoms in total. The van der Waals surface area contributed by atoms with E-state index in [9.17, 15) is 4.79 Å². The normalized spacial score (nSPS) is 11.2. The molecule has 3 aromatic rings. The number of nitrogens with zero attached hydrogens (tertiary/aromatic N) is 5. The monoisotopic (exact) mass is 335 g/mol. The summed E-state index contributed by atoms with van der Waals surface area (Å²) < 4.78 is 1.38. The van der Waals surface area contributed by atoms with E-state index in [1.54, 1.807) is 17.4 Å². The maximum absolute atomic E-state index is 12.1. The van der Waals surface area contributed by atoms with E-state index < -0.39 is 0 Å². The van der Waals surface area contributed by atoms with Gasteiger partial charge in [-0.25, -0.2) is 9.97 Å². The van der Waals surface area contributed by atoms with Crippen molar-refractivity contribution in [3.05, 3.63) is 38.2 Å². The topological polar surface area (TPSA) is 63.4 Å². The van der Waals surface area contributed by atoms with Gasteiger partial charge in [-0.3, -0.25) is 4.79 Å². The molecular formula is C14H17N5OS2. The van der Waals surface area contributed by atoms with Crippen molar-refractivity contribution in [2.24, 2.45) is 0 Å². The van der Waals surface area contributed by atoms with Crippen molar-refractivity contribution < 1.29 is 0 Å². The number of aryl methyl sites for hydroxylation is 2. The third-order valence-corrected chi connectivity index (χ3v) is 5.03. The molecule has 0 aromatic carbocycles. The van der Waals surface area contributed by atoms with Gasteiger partial charge >= 0.3 is 0 Å². The summed E-state index contributed by atoms with van der Waals surface area (Å²) in [6, 6.07) is 1.57. The van der Waals surface area contributed by atoms with E-state index in [1.165, 1.54) is 15.9 Å². The van der Waals surface area contributed by atoms with Crippen LogP contribution >= 0.6 is 22.7 Å². The second-order valence-corrected chi connectivity index (χ2v) is 7.13. The quantitative estimate of drug-likeness (QED) is 0.717. The Hall–Kier alpha value is -1.80. The number of anilines is 1. The van der Waals surface area contributed by atoms with Gasteiger partial charge in [0.25, 0.3) is 5.56 Å². The molecule has 0 bridgehead atoms. The van der Waals surface area contributed by atoms with Crippen molar-refractivity contribution in [1.29, 1.82) is 0 Å². The summed E-state index contributed by atoms with van der Waals surface area (Å²) in [5, 5.41) is 8.24. The van der Waals surface area contributed by atoms with Crippen LogP contribution in [0.15, 0.2) is 16.2 Å². The van der Waals surface area contributed by atoms with E-state index in [0.29, 0.717) is 11.5 Å². The molecule has 0 saturated carbocycles. The van der Waals surface area contributed by atoms with Crippen molar-refractivity contribution in [3.63, 3.8) is 0 Å². The van der Waals surface area contributed by atoms with Crippen molar-refractivity contribution in [2.45, 2.75) is 33.2 Å². The highest BCUT2D eigenvalue weighted by Crippen LogP contribution is 2.22. The van der Waals surface area contributed by atoms with Crippen LogP contribution < -0.4 is 10.5 Å². The summed E-state index contributed by atoms with van der Waals surface area (Å²) in [5.41, 5.74) is 1.73. The Kier molecular flexibility index (Phi) is 4.21. The Bertz CT molecular complexity index is 850. The van der Waals surface area contributed by atoms with Gasteiger partial charge in [0.2, 0.25) is 10.1 Å². The Morgan fingerprint density at radius 3 is 2.82 bits per heavy atom. The van der Waals surface area contributed by atoms with Gasteiger partial charge in [-0.2, -0.15) is 4.52 Å². The van der Waals surface area contributed by atoms with Crippen LogP contribution in [0.2, 0.25) is 0 Å². The van der Waals surface area contributed by atoms with Gasteiger partial charge in [0.05, 0.1) is 17.2 Å². The molecule has 0 N–H and O–H groups in total. The summed E-state index contributed by atoms with van der Waals surface area (Å²) in [5.74, 6) is 0. The lowest BCUT2D eigenvalue weighted by Gasteiger charge is -2.12. The number of hydrogen-bond acceptors (Lipinski definition) is 7. The largest absolute Gasteiger partial charge is 0.344 e. The van der Waals surface area contributed by atoms with Gasteiger partial charge in [0.1, 0.15) is 0 Å². The van der Waals surface area contributed by atoms with Gasteiger partial charge in [-0.1, -0.05) is 24.7 Å². The van der Waals surface area contributed by atoms with Gasteiger partial charge in [0, 0.05) is 24.2 Å². The fourth-order valence-corrected chi connectivity index (χ4v) is 3.67. The summed E-state index contributed by atoms with van der Waals surface area (Å²) in [6.45, 7) is 4.73. The zero-order chi connectivity index (χ0) is 15.7. The number of rotatable bonds is 5. The highest BCUT2D eigenvalue weighted by molar-refractivity contribution is 7.20. The average Bonchev–Trinajstić information content (AvgIpc) is 3.06. The van der Waals surface area contributed by atoms with Crippen LogP contribution in [-0.2, 0) is 13.0 Å². The molecule has 0 fully saturated rings. The van der Waals surface area contributed by atoms with E-state index >= 15 is 0 Å². The smallest absolute Gasteiger partial charge is 0.275 e. The predicted octanol–water partition coefficient (Wildman–Crippen LogP) is 2.50. The lowest BCUT2D eigenvalue weighted by Crippen LogP contribution is -2.19. The molecule has 0 amide bonds. The summed E-state index contributed by atoms with van der Waals surface area (Å²) in [6.07, 6.45) is 1.78. The van der Waals surface area contributed by atoms with Crippen LogP contribution in [0.1, 0.15) is 29.7 Å². The first-order chi connectivity index (χ1) is 10.6. The maximum Gasteiger partial charge on any atom is 0.275 e. The van der Waals surface area contributed by atoms with Crippen molar-refractivity contribution >= 4 is 32.8 Å². The second-order valence-electron chi connectivity index (χ2n) is 5.13. The molecule has 3 rings (SSSR count). The molecule has 0 aliphatic carbocycles. The van der Waals surface area contributed by atoms with E-state index in [-0.39, 0.29) is 5.56 Å². The fourth-order valence-electron chi connectivity index (χ4n) is 2.18. The predicted molar refractivity (Wildman–Crippen MR) is 90.1 cm³/mol. The molecule has 22 heavy (non-hydrogen) atoms. The Labute approximate surface area is 136 Å². The van der Waals surface area contributed by atoms with Crippen LogP contribution in [0.5, 0.6) is 0 Å². The van der Waals surface area contributed by atoms with Gasteiger partial charge in [-0.05, 0) is 13.3 Å². The standard InChI is InChI=1S/C14H17N5OS2/c1-4-5-10-6-12(20)19-13(16-10)22-14(17-19)18(3)7-11-8-21-9(2)15-11/h6,8H,4-5,7H2,1-3H3.